The van der Waals surface area contributed by atoms with Gasteiger partial charge in [-0.05, 0) is 94.6 Å². The minimum atomic E-state index is -0.469. The summed E-state index contributed by atoms with van der Waals surface area (Å²) in [6, 6.07) is 12.7. The van der Waals surface area contributed by atoms with Gasteiger partial charge in [0.2, 0.25) is 0 Å². The number of piperidine rings is 2. The molecule has 4 aromatic rings. The highest BCUT2D eigenvalue weighted by atomic mass is 16.6. The maximum absolute atomic E-state index is 12.2. The molecule has 2 aromatic carbocycles. The SMILES string of the molecule is COC(=O)c1cn(C)c2cc(C3CCN(C(=O)OC(C)(C)C)CC3)ccc12.COC(=O)c1cn(C)c2cc(C3CCNCC3)ccc12. The Balaban J connectivity index is 0.000000193. The van der Waals surface area contributed by atoms with E-state index in [9.17, 15) is 14.4 Å². The molecule has 0 unspecified atom stereocenters. The van der Waals surface area contributed by atoms with Crippen molar-refractivity contribution in [1.82, 2.24) is 19.4 Å². The van der Waals surface area contributed by atoms with Gasteiger partial charge in [0, 0.05) is 61.4 Å². The minimum Gasteiger partial charge on any atom is -0.465 e. The number of carbonyl (C=O) groups excluding carboxylic acids is 3. The molecule has 10 heteroatoms. The van der Waals surface area contributed by atoms with Crippen LogP contribution in [0.1, 0.15) is 90.1 Å². The second kappa shape index (κ2) is 14.2. The Kier molecular flexibility index (Phi) is 10.3. The average molecular weight is 645 g/mol. The lowest BCUT2D eigenvalue weighted by Gasteiger charge is -2.33. The first-order valence-corrected chi connectivity index (χ1v) is 16.4. The van der Waals surface area contributed by atoms with E-state index in [0.717, 1.165) is 47.7 Å². The summed E-state index contributed by atoms with van der Waals surface area (Å²) in [7, 11) is 6.73. The van der Waals surface area contributed by atoms with Gasteiger partial charge in [-0.3, -0.25) is 0 Å². The Morgan fingerprint density at radius 3 is 1.60 bits per heavy atom. The molecule has 6 rings (SSSR count). The van der Waals surface area contributed by atoms with Gasteiger partial charge >= 0.3 is 18.0 Å². The highest BCUT2D eigenvalue weighted by Crippen LogP contribution is 2.33. The molecule has 2 saturated heterocycles. The number of nitrogens with zero attached hydrogens (tertiary/aromatic N) is 3. The molecule has 0 spiro atoms. The van der Waals surface area contributed by atoms with Gasteiger partial charge < -0.3 is 33.6 Å². The van der Waals surface area contributed by atoms with Crippen molar-refractivity contribution in [3.63, 3.8) is 0 Å². The first kappa shape index (κ1) is 34.0. The van der Waals surface area contributed by atoms with Crippen molar-refractivity contribution in [3.8, 4) is 0 Å². The predicted molar refractivity (Wildman–Crippen MR) is 183 cm³/mol. The molecule has 0 saturated carbocycles. The molecule has 2 fully saturated rings. The summed E-state index contributed by atoms with van der Waals surface area (Å²) in [4.78, 5) is 37.7. The lowest BCUT2D eigenvalue weighted by molar-refractivity contribution is 0.0204. The van der Waals surface area contributed by atoms with Crippen LogP contribution in [-0.2, 0) is 28.3 Å². The largest absolute Gasteiger partial charge is 0.465 e. The number of hydrogen-bond acceptors (Lipinski definition) is 7. The molecule has 0 bridgehead atoms. The number of rotatable bonds is 4. The summed E-state index contributed by atoms with van der Waals surface area (Å²) in [6.07, 6.45) is 7.59. The van der Waals surface area contributed by atoms with E-state index in [4.69, 9.17) is 14.2 Å². The summed E-state index contributed by atoms with van der Waals surface area (Å²) in [5.74, 6) is 0.422. The van der Waals surface area contributed by atoms with Crippen LogP contribution in [0.4, 0.5) is 4.79 Å². The van der Waals surface area contributed by atoms with Gasteiger partial charge in [-0.2, -0.15) is 0 Å². The second-order valence-corrected chi connectivity index (χ2v) is 13.6. The standard InChI is InChI=1S/C21H28N2O4.C16H20N2O2/c1-21(2,3)27-20(25)23-10-8-14(9-11-23)15-6-7-16-17(19(24)26-5)13-22(4)18(16)12-15;1-18-10-14(16(19)20-2)13-4-3-12(9-15(13)18)11-5-7-17-8-6-11/h6-7,12-14H,8-11H2,1-5H3;3-4,9-11,17H,5-8H2,1-2H3. The van der Waals surface area contributed by atoms with E-state index < -0.39 is 5.60 Å². The number of fused-ring (bicyclic) bond motifs is 2. The Bertz CT molecular complexity index is 1750. The van der Waals surface area contributed by atoms with Gasteiger partial charge in [-0.1, -0.05) is 24.3 Å². The molecule has 2 aliphatic heterocycles. The van der Waals surface area contributed by atoms with Gasteiger partial charge in [0.05, 0.1) is 25.3 Å². The summed E-state index contributed by atoms with van der Waals surface area (Å²) >= 11 is 0. The van der Waals surface area contributed by atoms with Gasteiger partial charge in [0.1, 0.15) is 5.60 Å². The smallest absolute Gasteiger partial charge is 0.410 e. The highest BCUT2D eigenvalue weighted by molar-refractivity contribution is 6.05. The summed E-state index contributed by atoms with van der Waals surface area (Å²) in [6.45, 7) is 9.21. The third-order valence-electron chi connectivity index (χ3n) is 9.27. The van der Waals surface area contributed by atoms with E-state index in [1.54, 1.807) is 4.90 Å². The number of benzene rings is 2. The van der Waals surface area contributed by atoms with Crippen molar-refractivity contribution in [2.24, 2.45) is 14.1 Å². The molecule has 47 heavy (non-hydrogen) atoms. The van der Waals surface area contributed by atoms with Gasteiger partial charge in [0.15, 0.2) is 0 Å². The second-order valence-electron chi connectivity index (χ2n) is 13.6. The minimum absolute atomic E-state index is 0.235. The molecule has 0 radical (unpaired) electrons. The number of methoxy groups -OCH3 is 2. The summed E-state index contributed by atoms with van der Waals surface area (Å²) in [5, 5.41) is 5.26. The van der Waals surface area contributed by atoms with Crippen molar-refractivity contribution in [3.05, 3.63) is 71.0 Å². The van der Waals surface area contributed by atoms with Crippen LogP contribution < -0.4 is 5.32 Å². The molecule has 0 atom stereocenters. The zero-order valence-electron chi connectivity index (χ0n) is 28.7. The Hall–Kier alpha value is -4.31. The molecule has 0 aliphatic carbocycles. The van der Waals surface area contributed by atoms with E-state index in [2.05, 4.69) is 35.6 Å². The van der Waals surface area contributed by atoms with Gasteiger partial charge in [0.25, 0.3) is 0 Å². The van der Waals surface area contributed by atoms with Crippen LogP contribution in [0.25, 0.3) is 21.8 Å². The third kappa shape index (κ3) is 7.64. The van der Waals surface area contributed by atoms with Crippen molar-refractivity contribution < 1.29 is 28.6 Å². The van der Waals surface area contributed by atoms with Crippen LogP contribution >= 0.6 is 0 Å². The van der Waals surface area contributed by atoms with Gasteiger partial charge in [-0.15, -0.1) is 0 Å². The fourth-order valence-corrected chi connectivity index (χ4v) is 6.73. The molecule has 1 amide bonds. The Labute approximate surface area is 276 Å². The molecular weight excluding hydrogens is 596 g/mol. The predicted octanol–water partition coefficient (Wildman–Crippen LogP) is 6.51. The number of aromatic nitrogens is 2. The van der Waals surface area contributed by atoms with E-state index in [-0.39, 0.29) is 18.0 Å². The Morgan fingerprint density at radius 2 is 1.17 bits per heavy atom. The maximum Gasteiger partial charge on any atom is 0.410 e. The number of likely N-dealkylation sites (tertiary alicyclic amines) is 1. The molecule has 2 aliphatic rings. The van der Waals surface area contributed by atoms with Crippen molar-refractivity contribution in [2.75, 3.05) is 40.4 Å². The number of ether oxygens (including phenoxy) is 3. The van der Waals surface area contributed by atoms with Crippen molar-refractivity contribution >= 4 is 39.8 Å². The number of nitrogens with one attached hydrogen (secondary N) is 1. The quantitative estimate of drug-likeness (QED) is 0.200. The number of esters is 2. The average Bonchev–Trinajstić information content (AvgIpc) is 3.59. The number of carbonyl (C=O) groups is 3. The van der Waals surface area contributed by atoms with Crippen LogP contribution in [0.5, 0.6) is 0 Å². The van der Waals surface area contributed by atoms with Crippen molar-refractivity contribution in [2.45, 2.75) is 63.9 Å². The monoisotopic (exact) mass is 644 g/mol. The van der Waals surface area contributed by atoms with Crippen LogP contribution in [0.15, 0.2) is 48.8 Å². The zero-order valence-corrected chi connectivity index (χ0v) is 28.7. The number of hydrogen-bond donors (Lipinski definition) is 1. The topological polar surface area (TPSA) is 104 Å². The third-order valence-corrected chi connectivity index (χ3v) is 9.27. The summed E-state index contributed by atoms with van der Waals surface area (Å²) in [5.41, 5.74) is 5.48. The molecule has 2 aromatic heterocycles. The highest BCUT2D eigenvalue weighted by Gasteiger charge is 2.28. The molecule has 252 valence electrons. The maximum atomic E-state index is 12.2. The van der Waals surface area contributed by atoms with Crippen LogP contribution in [0.2, 0.25) is 0 Å². The number of aryl methyl sites for hydroxylation is 2. The number of amides is 1. The fraction of sp³-hybridized carbons (Fsp3) is 0.486. The molecular formula is C37H48N4O6. The lowest BCUT2D eigenvalue weighted by atomic mass is 9.89. The molecule has 4 heterocycles. The van der Waals surface area contributed by atoms with E-state index >= 15 is 0 Å². The molecule has 1 N–H and O–H groups in total. The van der Waals surface area contributed by atoms with E-state index in [1.807, 2.05) is 62.5 Å². The Morgan fingerprint density at radius 1 is 0.723 bits per heavy atom. The van der Waals surface area contributed by atoms with Crippen LogP contribution in [0, 0.1) is 0 Å². The fourth-order valence-electron chi connectivity index (χ4n) is 6.73. The lowest BCUT2D eigenvalue weighted by Crippen LogP contribution is -2.41. The van der Waals surface area contributed by atoms with Gasteiger partial charge in [-0.25, -0.2) is 14.4 Å². The van der Waals surface area contributed by atoms with E-state index in [0.29, 0.717) is 36.1 Å². The van der Waals surface area contributed by atoms with E-state index in [1.165, 1.54) is 38.2 Å². The van der Waals surface area contributed by atoms with Crippen LogP contribution in [-0.4, -0.2) is 78.1 Å². The summed E-state index contributed by atoms with van der Waals surface area (Å²) < 4.78 is 19.1. The van der Waals surface area contributed by atoms with Crippen molar-refractivity contribution in [1.29, 1.82) is 0 Å². The first-order valence-electron chi connectivity index (χ1n) is 16.4. The normalized spacial score (nSPS) is 16.1. The molecule has 10 nitrogen and oxygen atoms in total. The first-order chi connectivity index (χ1) is 22.4. The van der Waals surface area contributed by atoms with Crippen LogP contribution in [0.3, 0.4) is 0 Å². The zero-order chi connectivity index (χ0) is 33.9.